The third-order valence-corrected chi connectivity index (χ3v) is 5.04. The summed E-state index contributed by atoms with van der Waals surface area (Å²) in [6.07, 6.45) is 0.586. The van der Waals surface area contributed by atoms with Crippen molar-refractivity contribution in [2.45, 2.75) is 40.2 Å². The molecule has 0 aliphatic carbocycles. The van der Waals surface area contributed by atoms with E-state index in [1.807, 2.05) is 13.8 Å². The van der Waals surface area contributed by atoms with Crippen LogP contribution in [0.15, 0.2) is 27.4 Å². The van der Waals surface area contributed by atoms with Gasteiger partial charge in [-0.25, -0.2) is 9.59 Å². The Morgan fingerprint density at radius 3 is 2.50 bits per heavy atom. The Hall–Kier alpha value is -3.36. The van der Waals surface area contributed by atoms with E-state index in [0.717, 1.165) is 10.9 Å². The summed E-state index contributed by atoms with van der Waals surface area (Å²) in [5.74, 6) is -2.19. The normalized spacial score (nSPS) is 12.8. The fourth-order valence-electron chi connectivity index (χ4n) is 2.80. The summed E-state index contributed by atoms with van der Waals surface area (Å²) < 4.78 is 10.6. The Balaban J connectivity index is 1.90. The monoisotopic (exact) mass is 418 g/mol. The molecular formula is C21H26N2O7. The molecule has 0 saturated carbocycles. The standard InChI is InChI=1S/C21H26N2O7/c1-5-11(2)19(20(26)27)23-17(24)9-22-18(25)10-29-14-6-7-15-12(3)13(4)21(28)30-16(15)8-14/h6-8,11,19H,5,9-10H2,1-4H3,(H,22,25)(H,23,24)(H,26,27)/t11-,19-/m1/s1. The summed E-state index contributed by atoms with van der Waals surface area (Å²) in [4.78, 5) is 46.9. The number of carbonyl (C=O) groups is 3. The van der Waals surface area contributed by atoms with E-state index in [9.17, 15) is 24.3 Å². The molecule has 0 aliphatic rings. The lowest BCUT2D eigenvalue weighted by atomic mass is 9.99. The number of rotatable bonds is 9. The molecule has 0 radical (unpaired) electrons. The van der Waals surface area contributed by atoms with Gasteiger partial charge in [0, 0.05) is 17.0 Å². The summed E-state index contributed by atoms with van der Waals surface area (Å²) in [7, 11) is 0. The number of amides is 2. The van der Waals surface area contributed by atoms with Gasteiger partial charge in [-0.1, -0.05) is 20.3 Å². The van der Waals surface area contributed by atoms with Crippen LogP contribution in [0.5, 0.6) is 5.75 Å². The fourth-order valence-corrected chi connectivity index (χ4v) is 2.80. The van der Waals surface area contributed by atoms with E-state index in [0.29, 0.717) is 23.3 Å². The zero-order valence-corrected chi connectivity index (χ0v) is 17.4. The molecule has 3 N–H and O–H groups in total. The van der Waals surface area contributed by atoms with Crippen molar-refractivity contribution in [1.29, 1.82) is 0 Å². The minimum Gasteiger partial charge on any atom is -0.484 e. The van der Waals surface area contributed by atoms with E-state index in [-0.39, 0.29) is 19.1 Å². The molecule has 0 saturated heterocycles. The average Bonchev–Trinajstić information content (AvgIpc) is 2.71. The highest BCUT2D eigenvalue weighted by atomic mass is 16.5. The van der Waals surface area contributed by atoms with Crippen molar-refractivity contribution < 1.29 is 28.6 Å². The van der Waals surface area contributed by atoms with E-state index < -0.39 is 29.5 Å². The van der Waals surface area contributed by atoms with Crippen molar-refractivity contribution in [1.82, 2.24) is 10.6 Å². The number of ether oxygens (including phenoxy) is 1. The van der Waals surface area contributed by atoms with E-state index in [4.69, 9.17) is 9.15 Å². The second-order valence-electron chi connectivity index (χ2n) is 7.13. The summed E-state index contributed by atoms with van der Waals surface area (Å²) in [5, 5.41) is 14.7. The van der Waals surface area contributed by atoms with Gasteiger partial charge >= 0.3 is 11.6 Å². The third-order valence-electron chi connectivity index (χ3n) is 5.04. The first-order valence-corrected chi connectivity index (χ1v) is 9.59. The van der Waals surface area contributed by atoms with Gasteiger partial charge in [0.15, 0.2) is 6.61 Å². The molecular weight excluding hydrogens is 392 g/mol. The topological polar surface area (TPSA) is 135 Å². The number of hydrogen-bond acceptors (Lipinski definition) is 6. The number of carboxylic acids is 1. The smallest absolute Gasteiger partial charge is 0.339 e. The van der Waals surface area contributed by atoms with Crippen molar-refractivity contribution in [2.24, 2.45) is 5.92 Å². The van der Waals surface area contributed by atoms with Gasteiger partial charge in [0.25, 0.3) is 5.91 Å². The number of aliphatic carboxylic acids is 1. The van der Waals surface area contributed by atoms with Gasteiger partial charge in [0.1, 0.15) is 17.4 Å². The van der Waals surface area contributed by atoms with Crippen LogP contribution < -0.4 is 21.0 Å². The van der Waals surface area contributed by atoms with E-state index in [1.54, 1.807) is 26.0 Å². The second-order valence-corrected chi connectivity index (χ2v) is 7.13. The van der Waals surface area contributed by atoms with Crippen LogP contribution in [-0.2, 0) is 14.4 Å². The van der Waals surface area contributed by atoms with Crippen LogP contribution in [0.2, 0.25) is 0 Å². The van der Waals surface area contributed by atoms with Gasteiger partial charge in [-0.2, -0.15) is 0 Å². The number of hydrogen-bond donors (Lipinski definition) is 3. The van der Waals surface area contributed by atoms with Crippen molar-refractivity contribution in [2.75, 3.05) is 13.2 Å². The molecule has 0 spiro atoms. The molecule has 2 rings (SSSR count). The van der Waals surface area contributed by atoms with E-state index in [1.165, 1.54) is 6.07 Å². The molecule has 162 valence electrons. The minimum atomic E-state index is -1.12. The molecule has 0 bridgehead atoms. The van der Waals surface area contributed by atoms with Crippen molar-refractivity contribution in [3.05, 3.63) is 39.7 Å². The lowest BCUT2D eigenvalue weighted by Crippen LogP contribution is -2.48. The van der Waals surface area contributed by atoms with Crippen LogP contribution in [0.3, 0.4) is 0 Å². The van der Waals surface area contributed by atoms with Gasteiger partial charge in [-0.15, -0.1) is 0 Å². The lowest BCUT2D eigenvalue weighted by Gasteiger charge is -2.20. The SMILES string of the molecule is CC[C@@H](C)[C@@H](NC(=O)CNC(=O)COc1ccc2c(C)c(C)c(=O)oc2c1)C(=O)O. The molecule has 30 heavy (non-hydrogen) atoms. The summed E-state index contributed by atoms with van der Waals surface area (Å²) in [6, 6.07) is 3.89. The molecule has 9 heteroatoms. The number of carboxylic acid groups (broad SMARTS) is 1. The quantitative estimate of drug-likeness (QED) is 0.526. The molecule has 0 aliphatic heterocycles. The zero-order chi connectivity index (χ0) is 22.4. The van der Waals surface area contributed by atoms with Gasteiger partial charge in [0.05, 0.1) is 6.54 Å². The van der Waals surface area contributed by atoms with Crippen LogP contribution in [0, 0.1) is 19.8 Å². The highest BCUT2D eigenvalue weighted by molar-refractivity contribution is 5.88. The molecule has 0 unspecified atom stereocenters. The number of fused-ring (bicyclic) bond motifs is 1. The highest BCUT2D eigenvalue weighted by Crippen LogP contribution is 2.23. The molecule has 1 aromatic carbocycles. The fraction of sp³-hybridized carbons (Fsp3) is 0.429. The van der Waals surface area contributed by atoms with Crippen LogP contribution in [0.1, 0.15) is 31.4 Å². The van der Waals surface area contributed by atoms with E-state index in [2.05, 4.69) is 10.6 Å². The Labute approximate surface area is 173 Å². The van der Waals surface area contributed by atoms with Gasteiger partial charge in [-0.3, -0.25) is 9.59 Å². The number of benzene rings is 1. The van der Waals surface area contributed by atoms with Gasteiger partial charge in [-0.05, 0) is 37.5 Å². The molecule has 9 nitrogen and oxygen atoms in total. The Morgan fingerprint density at radius 1 is 1.17 bits per heavy atom. The Morgan fingerprint density at radius 2 is 1.87 bits per heavy atom. The Kier molecular flexibility index (Phi) is 7.57. The summed E-state index contributed by atoms with van der Waals surface area (Å²) in [6.45, 7) is 6.33. The highest BCUT2D eigenvalue weighted by Gasteiger charge is 2.25. The summed E-state index contributed by atoms with van der Waals surface area (Å²) >= 11 is 0. The predicted molar refractivity (Wildman–Crippen MR) is 109 cm³/mol. The molecule has 2 aromatic rings. The van der Waals surface area contributed by atoms with Crippen LogP contribution >= 0.6 is 0 Å². The van der Waals surface area contributed by atoms with Gasteiger partial charge < -0.3 is 24.9 Å². The lowest BCUT2D eigenvalue weighted by molar-refractivity contribution is -0.143. The first-order chi connectivity index (χ1) is 14.1. The maximum absolute atomic E-state index is 11.9. The van der Waals surface area contributed by atoms with Crippen molar-refractivity contribution >= 4 is 28.8 Å². The van der Waals surface area contributed by atoms with Crippen molar-refractivity contribution in [3.63, 3.8) is 0 Å². The minimum absolute atomic E-state index is 0.245. The third kappa shape index (κ3) is 5.59. The largest absolute Gasteiger partial charge is 0.484 e. The summed E-state index contributed by atoms with van der Waals surface area (Å²) in [5.41, 5.74) is 1.27. The van der Waals surface area contributed by atoms with E-state index >= 15 is 0 Å². The first-order valence-electron chi connectivity index (χ1n) is 9.59. The van der Waals surface area contributed by atoms with Crippen LogP contribution in [0.25, 0.3) is 11.0 Å². The maximum Gasteiger partial charge on any atom is 0.339 e. The average molecular weight is 418 g/mol. The molecule has 1 heterocycles. The second kappa shape index (κ2) is 9.91. The maximum atomic E-state index is 11.9. The first kappa shape index (κ1) is 22.9. The van der Waals surface area contributed by atoms with Crippen molar-refractivity contribution in [3.8, 4) is 5.75 Å². The predicted octanol–water partition coefficient (Wildman–Crippen LogP) is 1.52. The molecule has 2 amide bonds. The number of aryl methyl sites for hydroxylation is 1. The Bertz CT molecular complexity index is 1010. The molecule has 2 atom stereocenters. The molecule has 1 aromatic heterocycles. The van der Waals surface area contributed by atoms with Gasteiger partial charge in [0.2, 0.25) is 5.91 Å². The molecule has 0 fully saturated rings. The number of carbonyl (C=O) groups excluding carboxylic acids is 2. The van der Waals surface area contributed by atoms with Crippen LogP contribution in [0.4, 0.5) is 0 Å². The van der Waals surface area contributed by atoms with Crippen LogP contribution in [-0.4, -0.2) is 42.1 Å². The number of nitrogens with one attached hydrogen (secondary N) is 2. The zero-order valence-electron chi connectivity index (χ0n) is 17.4.